The Morgan fingerprint density at radius 3 is 1.12 bits per heavy atom. The molecule has 0 saturated carbocycles. The van der Waals surface area contributed by atoms with E-state index in [9.17, 15) is 10.2 Å². The molecule has 0 aliphatic carbocycles. The molecule has 0 unspecified atom stereocenters. The molecular formula is C31H49O2P. The van der Waals surface area contributed by atoms with Crippen molar-refractivity contribution in [2.75, 3.05) is 6.16 Å². The van der Waals surface area contributed by atoms with Crippen LogP contribution >= 0.6 is 7.92 Å². The third-order valence-electron chi connectivity index (χ3n) is 6.56. The van der Waals surface area contributed by atoms with Gasteiger partial charge >= 0.3 is 0 Å². The second-order valence-corrected chi connectivity index (χ2v) is 16.2. The Labute approximate surface area is 211 Å². The summed E-state index contributed by atoms with van der Waals surface area (Å²) in [6, 6.07) is 8.80. The Morgan fingerprint density at radius 2 is 0.882 bits per heavy atom. The van der Waals surface area contributed by atoms with E-state index in [2.05, 4.69) is 114 Å². The Kier molecular flexibility index (Phi) is 8.02. The molecule has 2 aromatic rings. The third-order valence-corrected chi connectivity index (χ3v) is 9.30. The van der Waals surface area contributed by atoms with E-state index in [-0.39, 0.29) is 21.7 Å². The van der Waals surface area contributed by atoms with Gasteiger partial charge in [-0.25, -0.2) is 0 Å². The average molecular weight is 485 g/mol. The summed E-state index contributed by atoms with van der Waals surface area (Å²) in [4.78, 5) is 0. The van der Waals surface area contributed by atoms with E-state index in [1.165, 1.54) is 11.1 Å². The van der Waals surface area contributed by atoms with Crippen molar-refractivity contribution < 1.29 is 10.2 Å². The van der Waals surface area contributed by atoms with Gasteiger partial charge in [0.05, 0.1) is 0 Å². The molecule has 2 aromatic carbocycles. The van der Waals surface area contributed by atoms with Crippen molar-refractivity contribution in [2.45, 2.75) is 118 Å². The molecule has 3 heteroatoms. The first kappa shape index (κ1) is 28.7. The Morgan fingerprint density at radius 1 is 0.559 bits per heavy atom. The van der Waals surface area contributed by atoms with E-state index in [0.717, 1.165) is 34.3 Å². The average Bonchev–Trinajstić information content (AvgIpc) is 2.63. The van der Waals surface area contributed by atoms with Crippen molar-refractivity contribution in [1.29, 1.82) is 0 Å². The van der Waals surface area contributed by atoms with Gasteiger partial charge in [0.25, 0.3) is 0 Å². The highest BCUT2D eigenvalue weighted by atomic mass is 31.1. The molecular weight excluding hydrogens is 435 g/mol. The van der Waals surface area contributed by atoms with Crippen LogP contribution in [0.5, 0.6) is 11.5 Å². The number of rotatable bonds is 4. The van der Waals surface area contributed by atoms with E-state index in [1.807, 2.05) is 0 Å². The van der Waals surface area contributed by atoms with Crippen molar-refractivity contribution >= 4 is 18.5 Å². The molecule has 0 amide bonds. The number of phenolic OH excluding ortho intramolecular Hbond substituents is 2. The molecule has 0 aliphatic heterocycles. The summed E-state index contributed by atoms with van der Waals surface area (Å²) in [5.41, 5.74) is 4.00. The maximum atomic E-state index is 11.7. The lowest BCUT2D eigenvalue weighted by atomic mass is 9.80. The molecule has 2 N–H and O–H groups in total. The fourth-order valence-corrected chi connectivity index (χ4v) is 6.78. The molecule has 190 valence electrons. The van der Waals surface area contributed by atoms with Crippen molar-refractivity contribution in [1.82, 2.24) is 0 Å². The van der Waals surface area contributed by atoms with Crippen molar-refractivity contribution in [3.8, 4) is 11.5 Å². The predicted molar refractivity (Wildman–Crippen MR) is 152 cm³/mol. The smallest absolute Gasteiger partial charge is 0.127 e. The lowest BCUT2D eigenvalue weighted by molar-refractivity contribution is 0.448. The molecule has 0 bridgehead atoms. The quantitative estimate of drug-likeness (QED) is 0.430. The molecule has 2 rings (SSSR count). The van der Waals surface area contributed by atoms with Gasteiger partial charge in [-0.05, 0) is 59.0 Å². The van der Waals surface area contributed by atoms with E-state index in [1.54, 1.807) is 0 Å². The minimum absolute atomic E-state index is 0.0401. The van der Waals surface area contributed by atoms with Crippen LogP contribution in [0.25, 0.3) is 0 Å². The standard InChI is InChI=1S/C31H49O2P/c1-14-15-34(24-18-20(28(2,3)4)16-22(26(24)32)30(8,9)10)25-19-21(29(5,6)7)17-23(27(25)33)31(11,12)13/h16-19,32-33H,14-15H2,1-13H3. The van der Waals surface area contributed by atoms with Crippen LogP contribution in [0.2, 0.25) is 0 Å². The highest BCUT2D eigenvalue weighted by Crippen LogP contribution is 2.47. The normalized spacial score (nSPS) is 13.6. The predicted octanol–water partition coefficient (Wildman–Crippen LogP) is 8.13. The van der Waals surface area contributed by atoms with Crippen LogP contribution in [0.1, 0.15) is 119 Å². The number of hydrogen-bond acceptors (Lipinski definition) is 2. The largest absolute Gasteiger partial charge is 0.507 e. The lowest BCUT2D eigenvalue weighted by Gasteiger charge is -2.32. The van der Waals surface area contributed by atoms with Crippen LogP contribution in [0.15, 0.2) is 24.3 Å². The van der Waals surface area contributed by atoms with Crippen molar-refractivity contribution in [3.05, 3.63) is 46.5 Å². The highest BCUT2D eigenvalue weighted by molar-refractivity contribution is 7.73. The van der Waals surface area contributed by atoms with Crippen LogP contribution in [-0.4, -0.2) is 16.4 Å². The van der Waals surface area contributed by atoms with Gasteiger partial charge in [-0.15, -0.1) is 0 Å². The SMILES string of the molecule is CCCP(c1cc(C(C)(C)C)cc(C(C)(C)C)c1O)c1cc(C(C)(C)C)cc(C(C)(C)C)c1O. The lowest BCUT2D eigenvalue weighted by Crippen LogP contribution is -2.26. The maximum absolute atomic E-state index is 11.7. The van der Waals surface area contributed by atoms with Crippen LogP contribution in [0.3, 0.4) is 0 Å². The Hall–Kier alpha value is -1.53. The van der Waals surface area contributed by atoms with Gasteiger partial charge in [-0.2, -0.15) is 0 Å². The van der Waals surface area contributed by atoms with Crippen LogP contribution in [0, 0.1) is 0 Å². The van der Waals surface area contributed by atoms with Crippen molar-refractivity contribution in [2.24, 2.45) is 0 Å². The summed E-state index contributed by atoms with van der Waals surface area (Å²) < 4.78 is 0. The monoisotopic (exact) mass is 484 g/mol. The van der Waals surface area contributed by atoms with Crippen LogP contribution < -0.4 is 10.6 Å². The summed E-state index contributed by atoms with van der Waals surface area (Å²) in [7, 11) is -0.946. The second-order valence-electron chi connectivity index (χ2n) is 13.9. The van der Waals surface area contributed by atoms with Crippen LogP contribution in [0.4, 0.5) is 0 Å². The zero-order valence-electron chi connectivity index (χ0n) is 24.1. The van der Waals surface area contributed by atoms with Gasteiger partial charge < -0.3 is 10.2 Å². The first-order valence-electron chi connectivity index (χ1n) is 12.7. The van der Waals surface area contributed by atoms with E-state index in [0.29, 0.717) is 11.5 Å². The zero-order valence-corrected chi connectivity index (χ0v) is 25.0. The van der Waals surface area contributed by atoms with Gasteiger partial charge in [0.15, 0.2) is 0 Å². The molecule has 0 heterocycles. The third kappa shape index (κ3) is 6.17. The van der Waals surface area contributed by atoms with Crippen molar-refractivity contribution in [3.63, 3.8) is 0 Å². The topological polar surface area (TPSA) is 40.5 Å². The molecule has 0 saturated heterocycles. The Bertz CT molecular complexity index is 940. The molecule has 2 nitrogen and oxygen atoms in total. The zero-order chi connectivity index (χ0) is 26.4. The van der Waals surface area contributed by atoms with Gasteiger partial charge in [-0.3, -0.25) is 0 Å². The summed E-state index contributed by atoms with van der Waals surface area (Å²) in [6.07, 6.45) is 1.91. The molecule has 0 spiro atoms. The highest BCUT2D eigenvalue weighted by Gasteiger charge is 2.32. The Balaban J connectivity index is 3.00. The first-order valence-corrected chi connectivity index (χ1v) is 14.3. The van der Waals surface area contributed by atoms with Gasteiger partial charge in [0.2, 0.25) is 0 Å². The van der Waals surface area contributed by atoms with Crippen LogP contribution in [-0.2, 0) is 21.7 Å². The summed E-state index contributed by atoms with van der Waals surface area (Å²) in [5.74, 6) is 0.802. The molecule has 0 fully saturated rings. The molecule has 0 atom stereocenters. The second kappa shape index (κ2) is 9.50. The van der Waals surface area contributed by atoms with E-state index >= 15 is 0 Å². The number of benzene rings is 2. The summed E-state index contributed by atoms with van der Waals surface area (Å²) >= 11 is 0. The summed E-state index contributed by atoms with van der Waals surface area (Å²) in [6.45, 7) is 28.5. The maximum Gasteiger partial charge on any atom is 0.127 e. The first-order chi connectivity index (χ1) is 15.2. The minimum Gasteiger partial charge on any atom is -0.507 e. The van der Waals surface area contributed by atoms with E-state index in [4.69, 9.17) is 0 Å². The molecule has 0 aliphatic rings. The minimum atomic E-state index is -0.946. The number of hydrogen-bond donors (Lipinski definition) is 2. The van der Waals surface area contributed by atoms with Gasteiger partial charge in [-0.1, -0.05) is 109 Å². The van der Waals surface area contributed by atoms with Gasteiger partial charge in [0, 0.05) is 21.7 Å². The number of phenols is 2. The van der Waals surface area contributed by atoms with E-state index < -0.39 is 7.92 Å². The molecule has 34 heavy (non-hydrogen) atoms. The molecule has 0 radical (unpaired) electrons. The fourth-order valence-electron chi connectivity index (χ4n) is 4.25. The fraction of sp³-hybridized carbons (Fsp3) is 0.613. The molecule has 0 aromatic heterocycles. The summed E-state index contributed by atoms with van der Waals surface area (Å²) in [5, 5.41) is 25.3. The van der Waals surface area contributed by atoms with Gasteiger partial charge in [0.1, 0.15) is 11.5 Å². The number of aromatic hydroxyl groups is 2.